The molecule has 0 radical (unpaired) electrons. The molecule has 1 aromatic heterocycles. The number of anilines is 2. The van der Waals surface area contributed by atoms with Crippen molar-refractivity contribution < 1.29 is 14.3 Å². The first-order chi connectivity index (χ1) is 11.7. The van der Waals surface area contributed by atoms with Crippen LogP contribution in [0.1, 0.15) is 23.2 Å². The van der Waals surface area contributed by atoms with Crippen molar-refractivity contribution in [3.8, 4) is 11.5 Å². The summed E-state index contributed by atoms with van der Waals surface area (Å²) >= 11 is 0. The van der Waals surface area contributed by atoms with Gasteiger partial charge in [-0.2, -0.15) is 0 Å². The minimum Gasteiger partial charge on any atom is -0.497 e. The van der Waals surface area contributed by atoms with Gasteiger partial charge in [0.25, 0.3) is 5.91 Å². The first-order valence-electron chi connectivity index (χ1n) is 7.82. The zero-order chi connectivity index (χ0) is 16.9. The van der Waals surface area contributed by atoms with Crippen molar-refractivity contribution in [2.75, 3.05) is 37.5 Å². The molecule has 0 spiro atoms. The number of hydrogen-bond acceptors (Lipinski definition) is 6. The molecule has 2 heterocycles. The molecule has 2 aromatic rings. The Bertz CT molecular complexity index is 690. The van der Waals surface area contributed by atoms with Gasteiger partial charge in [0.2, 0.25) is 0 Å². The third kappa shape index (κ3) is 3.56. The van der Waals surface area contributed by atoms with E-state index in [1.807, 2.05) is 6.07 Å². The summed E-state index contributed by atoms with van der Waals surface area (Å²) in [5.74, 6) is 2.05. The molecule has 7 nitrogen and oxygen atoms in total. The van der Waals surface area contributed by atoms with E-state index in [0.29, 0.717) is 22.9 Å². The van der Waals surface area contributed by atoms with Crippen LogP contribution in [0.25, 0.3) is 0 Å². The van der Waals surface area contributed by atoms with Gasteiger partial charge in [-0.15, -0.1) is 10.2 Å². The lowest BCUT2D eigenvalue weighted by Crippen LogP contribution is -2.20. The molecule has 24 heavy (non-hydrogen) atoms. The highest BCUT2D eigenvalue weighted by Crippen LogP contribution is 2.23. The average molecular weight is 328 g/mol. The van der Waals surface area contributed by atoms with Crippen LogP contribution in [0.2, 0.25) is 0 Å². The van der Waals surface area contributed by atoms with E-state index in [-0.39, 0.29) is 5.91 Å². The summed E-state index contributed by atoms with van der Waals surface area (Å²) in [4.78, 5) is 14.6. The summed E-state index contributed by atoms with van der Waals surface area (Å²) in [5, 5.41) is 11.0. The van der Waals surface area contributed by atoms with E-state index >= 15 is 0 Å². The quantitative estimate of drug-likeness (QED) is 0.908. The van der Waals surface area contributed by atoms with Gasteiger partial charge in [0, 0.05) is 24.7 Å². The van der Waals surface area contributed by atoms with Crippen LogP contribution in [-0.4, -0.2) is 43.4 Å². The molecule has 0 aliphatic carbocycles. The molecule has 1 aliphatic rings. The largest absolute Gasteiger partial charge is 0.497 e. The molecule has 1 fully saturated rings. The summed E-state index contributed by atoms with van der Waals surface area (Å²) in [6, 6.07) is 8.63. The lowest BCUT2D eigenvalue weighted by molar-refractivity contribution is 0.102. The van der Waals surface area contributed by atoms with Gasteiger partial charge in [-0.1, -0.05) is 0 Å². The highest BCUT2D eigenvalue weighted by molar-refractivity contribution is 6.04. The van der Waals surface area contributed by atoms with Crippen molar-refractivity contribution in [1.82, 2.24) is 10.2 Å². The number of nitrogens with one attached hydrogen (secondary N) is 1. The Morgan fingerprint density at radius 1 is 1.04 bits per heavy atom. The normalized spacial score (nSPS) is 13.7. The Hall–Kier alpha value is -2.83. The minimum atomic E-state index is -0.296. The van der Waals surface area contributed by atoms with E-state index in [4.69, 9.17) is 9.47 Å². The third-order valence-corrected chi connectivity index (χ3v) is 3.94. The van der Waals surface area contributed by atoms with Crippen molar-refractivity contribution in [2.45, 2.75) is 12.8 Å². The molecule has 126 valence electrons. The predicted molar refractivity (Wildman–Crippen MR) is 91.0 cm³/mol. The fourth-order valence-electron chi connectivity index (χ4n) is 2.63. The molecule has 1 aromatic carbocycles. The number of carbonyl (C=O) groups excluding carboxylic acids is 1. The average Bonchev–Trinajstić information content (AvgIpc) is 3.16. The number of aromatic nitrogens is 2. The lowest BCUT2D eigenvalue weighted by Gasteiger charge is -2.15. The van der Waals surface area contributed by atoms with E-state index in [2.05, 4.69) is 20.4 Å². The molecule has 1 N–H and O–H groups in total. The predicted octanol–water partition coefficient (Wildman–Crippen LogP) is 2.35. The number of ether oxygens (including phenoxy) is 2. The van der Waals surface area contributed by atoms with E-state index in [1.54, 1.807) is 38.5 Å². The zero-order valence-corrected chi connectivity index (χ0v) is 13.8. The van der Waals surface area contributed by atoms with Crippen molar-refractivity contribution in [2.24, 2.45) is 0 Å². The molecule has 3 rings (SSSR count). The Balaban J connectivity index is 1.72. The molecule has 1 amide bonds. The van der Waals surface area contributed by atoms with Crippen LogP contribution in [-0.2, 0) is 0 Å². The minimum absolute atomic E-state index is 0.296. The highest BCUT2D eigenvalue weighted by atomic mass is 16.5. The standard InChI is InChI=1S/C17H20N4O3/c1-23-13-9-12(10-14(11-13)24-2)17(22)18-15-5-6-16(20-19-15)21-7-3-4-8-21/h5-6,9-11H,3-4,7-8H2,1-2H3,(H,18,19,22). The number of benzene rings is 1. The Morgan fingerprint density at radius 3 is 2.25 bits per heavy atom. The van der Waals surface area contributed by atoms with Crippen LogP contribution >= 0.6 is 0 Å². The van der Waals surface area contributed by atoms with Crippen LogP contribution in [0.15, 0.2) is 30.3 Å². The van der Waals surface area contributed by atoms with Crippen LogP contribution in [0, 0.1) is 0 Å². The molecular weight excluding hydrogens is 308 g/mol. The molecule has 1 saturated heterocycles. The van der Waals surface area contributed by atoms with Crippen LogP contribution < -0.4 is 19.7 Å². The summed E-state index contributed by atoms with van der Waals surface area (Å²) in [7, 11) is 3.08. The van der Waals surface area contributed by atoms with Crippen molar-refractivity contribution in [3.05, 3.63) is 35.9 Å². The van der Waals surface area contributed by atoms with Crippen molar-refractivity contribution in [3.63, 3.8) is 0 Å². The summed E-state index contributed by atoms with van der Waals surface area (Å²) in [5.41, 5.74) is 0.427. The number of carbonyl (C=O) groups is 1. The molecule has 7 heteroatoms. The molecule has 0 bridgehead atoms. The number of nitrogens with zero attached hydrogens (tertiary/aromatic N) is 3. The van der Waals surface area contributed by atoms with E-state index in [1.165, 1.54) is 12.8 Å². The number of amides is 1. The van der Waals surface area contributed by atoms with E-state index < -0.39 is 0 Å². The first-order valence-corrected chi connectivity index (χ1v) is 7.82. The smallest absolute Gasteiger partial charge is 0.257 e. The molecular formula is C17H20N4O3. The second-order valence-corrected chi connectivity index (χ2v) is 5.53. The maximum Gasteiger partial charge on any atom is 0.257 e. The molecule has 1 aliphatic heterocycles. The SMILES string of the molecule is COc1cc(OC)cc(C(=O)Nc2ccc(N3CCCC3)nn2)c1. The van der Waals surface area contributed by atoms with Gasteiger partial charge in [-0.05, 0) is 37.1 Å². The highest BCUT2D eigenvalue weighted by Gasteiger charge is 2.15. The maximum absolute atomic E-state index is 12.4. The van der Waals surface area contributed by atoms with E-state index in [0.717, 1.165) is 18.9 Å². The van der Waals surface area contributed by atoms with Gasteiger partial charge >= 0.3 is 0 Å². The fourth-order valence-corrected chi connectivity index (χ4v) is 2.63. The second kappa shape index (κ2) is 7.16. The van der Waals surface area contributed by atoms with Gasteiger partial charge in [-0.3, -0.25) is 4.79 Å². The Kier molecular flexibility index (Phi) is 4.79. The number of rotatable bonds is 5. The third-order valence-electron chi connectivity index (χ3n) is 3.94. The molecule has 0 unspecified atom stereocenters. The van der Waals surface area contributed by atoms with Crippen LogP contribution in [0.4, 0.5) is 11.6 Å². The number of methoxy groups -OCH3 is 2. The Labute approximate surface area is 140 Å². The first kappa shape index (κ1) is 16.0. The van der Waals surface area contributed by atoms with E-state index in [9.17, 15) is 4.79 Å². The van der Waals surface area contributed by atoms with Gasteiger partial charge in [0.05, 0.1) is 14.2 Å². The topological polar surface area (TPSA) is 76.6 Å². The maximum atomic E-state index is 12.4. The molecule has 0 atom stereocenters. The second-order valence-electron chi connectivity index (χ2n) is 5.53. The molecule has 0 saturated carbocycles. The number of hydrogen-bond donors (Lipinski definition) is 1. The fraction of sp³-hybridized carbons (Fsp3) is 0.353. The lowest BCUT2D eigenvalue weighted by atomic mass is 10.2. The summed E-state index contributed by atoms with van der Waals surface area (Å²) in [6.45, 7) is 2.01. The van der Waals surface area contributed by atoms with Gasteiger partial charge in [-0.25, -0.2) is 0 Å². The van der Waals surface area contributed by atoms with Gasteiger partial charge in [0.1, 0.15) is 11.5 Å². The van der Waals surface area contributed by atoms with Crippen molar-refractivity contribution in [1.29, 1.82) is 0 Å². The van der Waals surface area contributed by atoms with Crippen molar-refractivity contribution >= 4 is 17.5 Å². The Morgan fingerprint density at radius 2 is 1.71 bits per heavy atom. The summed E-state index contributed by atoms with van der Waals surface area (Å²) in [6.07, 6.45) is 2.36. The van der Waals surface area contributed by atoms with Gasteiger partial charge < -0.3 is 19.7 Å². The summed E-state index contributed by atoms with van der Waals surface area (Å²) < 4.78 is 10.4. The van der Waals surface area contributed by atoms with Gasteiger partial charge in [0.15, 0.2) is 11.6 Å². The zero-order valence-electron chi connectivity index (χ0n) is 13.8. The van der Waals surface area contributed by atoms with Crippen LogP contribution in [0.3, 0.4) is 0 Å². The monoisotopic (exact) mass is 328 g/mol. The van der Waals surface area contributed by atoms with Crippen LogP contribution in [0.5, 0.6) is 11.5 Å².